The number of halogens is 6. The summed E-state index contributed by atoms with van der Waals surface area (Å²) in [5, 5.41) is 0. The molecule has 0 bridgehead atoms. The van der Waals surface area contributed by atoms with Crippen LogP contribution in [-0.2, 0) is 20.2 Å². The van der Waals surface area contributed by atoms with E-state index in [4.69, 9.17) is 0 Å². The Morgan fingerprint density at radius 3 is 1.22 bits per heavy atom. The average Bonchev–Trinajstić information content (AvgIpc) is 3.30. The van der Waals surface area contributed by atoms with E-state index in [2.05, 4.69) is 0 Å². The Labute approximate surface area is 282 Å². The van der Waals surface area contributed by atoms with E-state index < -0.39 is 79.6 Å². The predicted molar refractivity (Wildman–Crippen MR) is 126 cm³/mol. The van der Waals surface area contributed by atoms with Gasteiger partial charge in [0.2, 0.25) is 0 Å². The molecule has 1 saturated carbocycles. The third kappa shape index (κ3) is 4.08. The molecule has 6 rings (SSSR count). The first-order valence-corrected chi connectivity index (χ1v) is 15.3. The van der Waals surface area contributed by atoms with Crippen LogP contribution in [0.5, 0.6) is 0 Å². The van der Waals surface area contributed by atoms with Gasteiger partial charge in [0.05, 0.1) is 19.3 Å². The molecule has 18 heteroatoms. The van der Waals surface area contributed by atoms with Crippen molar-refractivity contribution in [2.75, 3.05) is 0 Å². The Balaban J connectivity index is 0.00000194. The molecule has 2 unspecified atom stereocenters. The SMILES string of the molecule is CC12Sc3cc(S(=O)(=O)[O-])ccc3C1=C1C(=C3c4ccc(S(=O)(=O)[O-])cc4SC32C)C(F)(F)C(F)(F)C1(F)F.[Na+].[Na+]. The summed E-state index contributed by atoms with van der Waals surface area (Å²) in [4.78, 5) is -1.62. The number of alkyl halides is 6. The molecule has 0 aromatic heterocycles. The molecular weight excluding hydrogens is 660 g/mol. The quantitative estimate of drug-likeness (QED) is 0.236. The minimum atomic E-state index is -5.85. The van der Waals surface area contributed by atoms with Crippen LogP contribution >= 0.6 is 23.5 Å². The van der Waals surface area contributed by atoms with Gasteiger partial charge >= 0.3 is 76.9 Å². The molecule has 208 valence electrons. The molecule has 2 atom stereocenters. The van der Waals surface area contributed by atoms with E-state index in [1.807, 2.05) is 0 Å². The van der Waals surface area contributed by atoms with E-state index in [1.165, 1.54) is 13.8 Å². The van der Waals surface area contributed by atoms with E-state index in [0.29, 0.717) is 0 Å². The monoisotopic (exact) mass is 672 g/mol. The van der Waals surface area contributed by atoms with Gasteiger partial charge in [0.15, 0.2) is 0 Å². The molecule has 4 aliphatic rings. The van der Waals surface area contributed by atoms with Crippen LogP contribution in [0.3, 0.4) is 0 Å². The summed E-state index contributed by atoms with van der Waals surface area (Å²) in [6.07, 6.45) is 0. The number of thioether (sulfide) groups is 2. The van der Waals surface area contributed by atoms with Crippen LogP contribution in [0.15, 0.2) is 67.1 Å². The van der Waals surface area contributed by atoms with Crippen molar-refractivity contribution in [1.82, 2.24) is 0 Å². The van der Waals surface area contributed by atoms with E-state index >= 15 is 17.6 Å². The number of hydrogen-bond donors (Lipinski definition) is 0. The molecule has 0 amide bonds. The summed E-state index contributed by atoms with van der Waals surface area (Å²) in [5.74, 6) is -16.6. The summed E-state index contributed by atoms with van der Waals surface area (Å²) in [5.41, 5.74) is -4.78. The molecule has 2 aliphatic carbocycles. The smallest absolute Gasteiger partial charge is 0.744 e. The molecule has 0 spiro atoms. The number of benzene rings is 2. The zero-order valence-electron chi connectivity index (χ0n) is 21.3. The van der Waals surface area contributed by atoms with E-state index in [9.17, 15) is 34.7 Å². The van der Waals surface area contributed by atoms with Gasteiger partial charge in [-0.1, -0.05) is 12.1 Å². The van der Waals surface area contributed by atoms with Gasteiger partial charge in [-0.2, -0.15) is 26.3 Å². The zero-order chi connectivity index (χ0) is 28.9. The van der Waals surface area contributed by atoms with Gasteiger partial charge in [-0.3, -0.25) is 0 Å². The number of rotatable bonds is 2. The number of fused-ring (bicyclic) bond motifs is 8. The van der Waals surface area contributed by atoms with Crippen LogP contribution in [0, 0.1) is 0 Å². The summed E-state index contributed by atoms with van der Waals surface area (Å²) in [6.45, 7) is 2.69. The van der Waals surface area contributed by atoms with Crippen LogP contribution in [-0.4, -0.2) is 53.2 Å². The van der Waals surface area contributed by atoms with Gasteiger partial charge in [0.1, 0.15) is 20.2 Å². The molecule has 1 fully saturated rings. The first-order chi connectivity index (χ1) is 17.6. The van der Waals surface area contributed by atoms with Crippen LogP contribution in [0.2, 0.25) is 0 Å². The third-order valence-electron chi connectivity index (χ3n) is 7.68. The van der Waals surface area contributed by atoms with Crippen LogP contribution in [0.4, 0.5) is 26.3 Å². The Kier molecular flexibility index (Phi) is 7.87. The standard InChI is InChI=1S/C23H14F6O6S4.2Na/c1-19-15(11-5-3-9(38(30,31)32)7-13(11)36-19)17-18(22(26,27)23(28,29)21(17,24)25)16-12-6-4-10(39(33,34)35)8-14(12)37-20(16,19)2;;/h3-8H,1-2H3,(H,30,31,32)(H,33,34,35);;/q;2*+1/p-2. The normalized spacial score (nSPS) is 28.1. The van der Waals surface area contributed by atoms with Gasteiger partial charge < -0.3 is 9.11 Å². The minimum absolute atomic E-state index is 0. The first kappa shape index (κ1) is 33.9. The zero-order valence-corrected chi connectivity index (χ0v) is 28.6. The van der Waals surface area contributed by atoms with Crippen LogP contribution in [0.25, 0.3) is 11.1 Å². The van der Waals surface area contributed by atoms with Crippen molar-refractivity contribution < 1.29 is 111 Å². The summed E-state index contributed by atoms with van der Waals surface area (Å²) in [6, 6.07) is 5.22. The second-order valence-corrected chi connectivity index (χ2v) is 15.4. The number of allylic oxidation sites excluding steroid dienone is 2. The summed E-state index contributed by atoms with van der Waals surface area (Å²) >= 11 is 1.48. The minimum Gasteiger partial charge on any atom is -0.744 e. The molecule has 2 heterocycles. The van der Waals surface area contributed by atoms with Crippen LogP contribution < -0.4 is 59.1 Å². The van der Waals surface area contributed by atoms with Gasteiger partial charge in [0, 0.05) is 20.9 Å². The summed E-state index contributed by atoms with van der Waals surface area (Å²) in [7, 11) is -10.0. The fraction of sp³-hybridized carbons (Fsp3) is 0.304. The fourth-order valence-corrected chi connectivity index (χ4v) is 10.2. The van der Waals surface area contributed by atoms with Crippen LogP contribution in [0.1, 0.15) is 25.0 Å². The Bertz CT molecular complexity index is 1710. The van der Waals surface area contributed by atoms with Crippen molar-refractivity contribution in [1.29, 1.82) is 0 Å². The van der Waals surface area contributed by atoms with Gasteiger partial charge in [0.25, 0.3) is 0 Å². The molecule has 2 aromatic rings. The number of hydrogen-bond acceptors (Lipinski definition) is 8. The van der Waals surface area contributed by atoms with Gasteiger partial charge in [-0.05, 0) is 60.4 Å². The molecule has 2 aromatic carbocycles. The first-order valence-electron chi connectivity index (χ1n) is 10.8. The maximum atomic E-state index is 15.5. The van der Waals surface area contributed by atoms with E-state index in [0.717, 1.165) is 59.9 Å². The van der Waals surface area contributed by atoms with E-state index in [-0.39, 0.29) is 80.0 Å². The second-order valence-electron chi connectivity index (χ2n) is 9.72. The molecule has 0 radical (unpaired) electrons. The van der Waals surface area contributed by atoms with E-state index in [1.54, 1.807) is 0 Å². The topological polar surface area (TPSA) is 114 Å². The van der Waals surface area contributed by atoms with Crippen molar-refractivity contribution in [2.45, 2.75) is 60.7 Å². The van der Waals surface area contributed by atoms with Crippen molar-refractivity contribution in [3.05, 3.63) is 58.7 Å². The van der Waals surface area contributed by atoms with Gasteiger partial charge in [-0.15, -0.1) is 23.5 Å². The molecule has 0 saturated heterocycles. The Morgan fingerprint density at radius 2 is 0.927 bits per heavy atom. The third-order valence-corrected chi connectivity index (χ3v) is 12.6. The molecule has 6 nitrogen and oxygen atoms in total. The average molecular weight is 673 g/mol. The maximum Gasteiger partial charge on any atom is 1.00 e. The van der Waals surface area contributed by atoms with Crippen molar-refractivity contribution >= 4 is 54.9 Å². The second kappa shape index (κ2) is 9.52. The molecule has 0 N–H and O–H groups in total. The van der Waals surface area contributed by atoms with Crippen molar-refractivity contribution in [3.8, 4) is 0 Å². The van der Waals surface area contributed by atoms with Gasteiger partial charge in [-0.25, -0.2) is 16.8 Å². The molecule has 41 heavy (non-hydrogen) atoms. The molecule has 2 aliphatic heterocycles. The van der Waals surface area contributed by atoms with Crippen molar-refractivity contribution in [2.24, 2.45) is 0 Å². The maximum absolute atomic E-state index is 15.5. The largest absolute Gasteiger partial charge is 1.00 e. The predicted octanol–water partition coefficient (Wildman–Crippen LogP) is -0.628. The fourth-order valence-electron chi connectivity index (χ4n) is 5.76. The Hall–Kier alpha value is 0.0200. The van der Waals surface area contributed by atoms with Crippen molar-refractivity contribution in [3.63, 3.8) is 0 Å². The summed E-state index contributed by atoms with van der Waals surface area (Å²) < 4.78 is 158. The Morgan fingerprint density at radius 1 is 0.610 bits per heavy atom. The molecular formula is C23H12F6Na2O6S4.